The van der Waals surface area contributed by atoms with Crippen LogP contribution >= 0.6 is 0 Å². The summed E-state index contributed by atoms with van der Waals surface area (Å²) in [6.45, 7) is 5.25. The standard InChI is InChI=1S/C14H26N2O2S/c17-19(18)10-8-16(9-11-19)14-4-6-15(7-5-14)12-13-2-1-3-13/h13-14H,1-12H2. The van der Waals surface area contributed by atoms with E-state index >= 15 is 0 Å². The number of hydrogen-bond donors (Lipinski definition) is 0. The molecule has 110 valence electrons. The van der Waals surface area contributed by atoms with Crippen LogP contribution in [0.1, 0.15) is 32.1 Å². The van der Waals surface area contributed by atoms with Crippen molar-refractivity contribution in [1.82, 2.24) is 9.80 Å². The lowest BCUT2D eigenvalue weighted by molar-refractivity contribution is 0.0923. The second-order valence-corrected chi connectivity index (χ2v) is 8.82. The Morgan fingerprint density at radius 3 is 2.05 bits per heavy atom. The Labute approximate surface area is 117 Å². The highest BCUT2D eigenvalue weighted by Crippen LogP contribution is 2.28. The normalized spacial score (nSPS) is 31.2. The van der Waals surface area contributed by atoms with Gasteiger partial charge in [0.25, 0.3) is 0 Å². The molecule has 0 aromatic heterocycles. The molecule has 3 aliphatic rings. The molecule has 1 saturated carbocycles. The average molecular weight is 286 g/mol. The first-order valence-electron chi connectivity index (χ1n) is 7.79. The van der Waals surface area contributed by atoms with Crippen molar-refractivity contribution in [3.05, 3.63) is 0 Å². The predicted molar refractivity (Wildman–Crippen MR) is 77.0 cm³/mol. The van der Waals surface area contributed by atoms with E-state index in [4.69, 9.17) is 0 Å². The Hall–Kier alpha value is -0.130. The lowest BCUT2D eigenvalue weighted by Gasteiger charge is -2.41. The molecule has 2 heterocycles. The number of rotatable bonds is 3. The van der Waals surface area contributed by atoms with Crippen LogP contribution in [0.25, 0.3) is 0 Å². The van der Waals surface area contributed by atoms with Crippen molar-refractivity contribution in [2.24, 2.45) is 5.92 Å². The van der Waals surface area contributed by atoms with Gasteiger partial charge in [0.2, 0.25) is 0 Å². The number of nitrogens with zero attached hydrogens (tertiary/aromatic N) is 2. The first-order valence-corrected chi connectivity index (χ1v) is 9.61. The molecule has 1 aliphatic carbocycles. The van der Waals surface area contributed by atoms with Gasteiger partial charge in [-0.2, -0.15) is 0 Å². The van der Waals surface area contributed by atoms with Crippen LogP contribution in [-0.2, 0) is 9.84 Å². The van der Waals surface area contributed by atoms with E-state index < -0.39 is 9.84 Å². The highest BCUT2D eigenvalue weighted by Gasteiger charge is 2.30. The molecule has 0 N–H and O–H groups in total. The molecule has 2 saturated heterocycles. The third kappa shape index (κ3) is 3.50. The van der Waals surface area contributed by atoms with Gasteiger partial charge in [-0.1, -0.05) is 6.42 Å². The summed E-state index contributed by atoms with van der Waals surface area (Å²) in [5, 5.41) is 0. The average Bonchev–Trinajstić information content (AvgIpc) is 2.35. The van der Waals surface area contributed by atoms with E-state index in [9.17, 15) is 8.42 Å². The van der Waals surface area contributed by atoms with Crippen LogP contribution in [0.2, 0.25) is 0 Å². The molecule has 0 atom stereocenters. The number of sulfone groups is 1. The highest BCUT2D eigenvalue weighted by atomic mass is 32.2. The third-order valence-corrected chi connectivity index (χ3v) is 6.80. The summed E-state index contributed by atoms with van der Waals surface area (Å²) in [5.41, 5.74) is 0. The van der Waals surface area contributed by atoms with Crippen molar-refractivity contribution in [3.63, 3.8) is 0 Å². The molecule has 0 unspecified atom stereocenters. The van der Waals surface area contributed by atoms with E-state index in [1.54, 1.807) is 0 Å². The van der Waals surface area contributed by atoms with Gasteiger partial charge in [-0.05, 0) is 44.7 Å². The molecule has 0 radical (unpaired) electrons. The fraction of sp³-hybridized carbons (Fsp3) is 1.00. The van der Waals surface area contributed by atoms with Crippen molar-refractivity contribution in [1.29, 1.82) is 0 Å². The number of piperidine rings is 1. The molecular formula is C14H26N2O2S. The number of hydrogen-bond acceptors (Lipinski definition) is 4. The van der Waals surface area contributed by atoms with Crippen LogP contribution in [0, 0.1) is 5.92 Å². The minimum atomic E-state index is -2.73. The second-order valence-electron chi connectivity index (χ2n) is 6.52. The van der Waals surface area contributed by atoms with Gasteiger partial charge >= 0.3 is 0 Å². The maximum atomic E-state index is 11.5. The van der Waals surface area contributed by atoms with Crippen LogP contribution in [-0.4, -0.2) is 68.5 Å². The molecule has 5 heteroatoms. The van der Waals surface area contributed by atoms with Gasteiger partial charge in [0.05, 0.1) is 11.5 Å². The Kier molecular flexibility index (Phi) is 4.15. The van der Waals surface area contributed by atoms with Gasteiger partial charge in [0.15, 0.2) is 9.84 Å². The molecular weight excluding hydrogens is 260 g/mol. The van der Waals surface area contributed by atoms with Gasteiger partial charge in [0, 0.05) is 25.7 Å². The SMILES string of the molecule is O=S1(=O)CCN(C2CCN(CC3CCC3)CC2)CC1. The fourth-order valence-electron chi connectivity index (χ4n) is 3.60. The molecule has 0 bridgehead atoms. The maximum absolute atomic E-state index is 11.5. The zero-order chi connectivity index (χ0) is 13.3. The lowest BCUT2D eigenvalue weighted by Crippen LogP contribution is -2.51. The first-order chi connectivity index (χ1) is 9.12. The van der Waals surface area contributed by atoms with E-state index in [-0.39, 0.29) is 0 Å². The Bertz CT molecular complexity index is 384. The van der Waals surface area contributed by atoms with Gasteiger partial charge in [-0.15, -0.1) is 0 Å². The minimum Gasteiger partial charge on any atom is -0.303 e. The lowest BCUT2D eigenvalue weighted by atomic mass is 9.84. The summed E-state index contributed by atoms with van der Waals surface area (Å²) in [6.07, 6.45) is 6.76. The summed E-state index contributed by atoms with van der Waals surface area (Å²) >= 11 is 0. The fourth-order valence-corrected chi connectivity index (χ4v) is 4.83. The van der Waals surface area contributed by atoms with Crippen LogP contribution in [0.15, 0.2) is 0 Å². The Balaban J connectivity index is 1.42. The Morgan fingerprint density at radius 1 is 0.895 bits per heavy atom. The van der Waals surface area contributed by atoms with Crippen molar-refractivity contribution >= 4 is 9.84 Å². The molecule has 19 heavy (non-hydrogen) atoms. The molecule has 3 fully saturated rings. The van der Waals surface area contributed by atoms with E-state index in [0.717, 1.165) is 19.0 Å². The first kappa shape index (κ1) is 13.8. The maximum Gasteiger partial charge on any atom is 0.152 e. The van der Waals surface area contributed by atoms with E-state index in [2.05, 4.69) is 9.80 Å². The van der Waals surface area contributed by atoms with Crippen LogP contribution in [0.4, 0.5) is 0 Å². The summed E-state index contributed by atoms with van der Waals surface area (Å²) in [7, 11) is -2.73. The van der Waals surface area contributed by atoms with Gasteiger partial charge in [-0.25, -0.2) is 8.42 Å². The summed E-state index contributed by atoms with van der Waals surface area (Å²) in [6, 6.07) is 0.633. The van der Waals surface area contributed by atoms with E-state index in [1.165, 1.54) is 51.7 Å². The summed E-state index contributed by atoms with van der Waals surface area (Å²) in [5.74, 6) is 1.71. The van der Waals surface area contributed by atoms with Crippen LogP contribution in [0.3, 0.4) is 0 Å². The van der Waals surface area contributed by atoms with Crippen LogP contribution < -0.4 is 0 Å². The van der Waals surface area contributed by atoms with Gasteiger partial charge < -0.3 is 4.90 Å². The quantitative estimate of drug-likeness (QED) is 0.775. The summed E-state index contributed by atoms with van der Waals surface area (Å²) in [4.78, 5) is 5.04. The predicted octanol–water partition coefficient (Wildman–Crippen LogP) is 0.981. The molecule has 0 amide bonds. The zero-order valence-corrected chi connectivity index (χ0v) is 12.6. The van der Waals surface area contributed by atoms with Gasteiger partial charge in [-0.3, -0.25) is 4.90 Å². The van der Waals surface area contributed by atoms with Crippen molar-refractivity contribution in [2.45, 2.75) is 38.1 Å². The largest absolute Gasteiger partial charge is 0.303 e. The zero-order valence-electron chi connectivity index (χ0n) is 11.8. The molecule has 0 aromatic carbocycles. The topological polar surface area (TPSA) is 40.6 Å². The molecule has 3 rings (SSSR count). The molecule has 0 spiro atoms. The smallest absolute Gasteiger partial charge is 0.152 e. The van der Waals surface area contributed by atoms with Crippen molar-refractivity contribution < 1.29 is 8.42 Å². The summed E-state index contributed by atoms with van der Waals surface area (Å²) < 4.78 is 22.9. The highest BCUT2D eigenvalue weighted by molar-refractivity contribution is 7.91. The monoisotopic (exact) mass is 286 g/mol. The van der Waals surface area contributed by atoms with Crippen molar-refractivity contribution in [2.75, 3.05) is 44.2 Å². The number of likely N-dealkylation sites (tertiary alicyclic amines) is 1. The van der Waals surface area contributed by atoms with E-state index in [0.29, 0.717) is 17.5 Å². The Morgan fingerprint density at radius 2 is 1.53 bits per heavy atom. The molecule has 4 nitrogen and oxygen atoms in total. The van der Waals surface area contributed by atoms with Crippen molar-refractivity contribution in [3.8, 4) is 0 Å². The molecule has 0 aromatic rings. The van der Waals surface area contributed by atoms with Crippen LogP contribution in [0.5, 0.6) is 0 Å². The van der Waals surface area contributed by atoms with Gasteiger partial charge in [0.1, 0.15) is 0 Å². The second kappa shape index (κ2) is 5.70. The molecule has 2 aliphatic heterocycles. The third-order valence-electron chi connectivity index (χ3n) is 5.19. The van der Waals surface area contributed by atoms with E-state index in [1.807, 2.05) is 0 Å². The minimum absolute atomic E-state index is 0.370.